The van der Waals surface area contributed by atoms with Crippen LogP contribution in [0.4, 0.5) is 0 Å². The molecule has 1 aliphatic rings. The Morgan fingerprint density at radius 2 is 2.12 bits per heavy atom. The van der Waals surface area contributed by atoms with E-state index in [1.807, 2.05) is 48.5 Å². The van der Waals surface area contributed by atoms with Crippen LogP contribution in [0.2, 0.25) is 0 Å². The average Bonchev–Trinajstić information content (AvgIpc) is 3.19. The maximum atomic E-state index is 11.2. The van der Waals surface area contributed by atoms with Crippen molar-refractivity contribution >= 4 is 28.7 Å². The van der Waals surface area contributed by atoms with Crippen molar-refractivity contribution in [1.29, 1.82) is 0 Å². The summed E-state index contributed by atoms with van der Waals surface area (Å²) in [6.45, 7) is 0.690. The molecule has 0 saturated heterocycles. The highest BCUT2D eigenvalue weighted by Crippen LogP contribution is 2.29. The Labute approximate surface area is 138 Å². The van der Waals surface area contributed by atoms with Crippen molar-refractivity contribution in [3.05, 3.63) is 59.5 Å². The number of fused-ring (bicyclic) bond motifs is 2. The van der Waals surface area contributed by atoms with Gasteiger partial charge in [0.15, 0.2) is 5.58 Å². The fourth-order valence-electron chi connectivity index (χ4n) is 2.86. The fourth-order valence-corrected chi connectivity index (χ4v) is 2.86. The van der Waals surface area contributed by atoms with E-state index in [0.29, 0.717) is 29.2 Å². The third-order valence-electron chi connectivity index (χ3n) is 3.96. The summed E-state index contributed by atoms with van der Waals surface area (Å²) in [6, 6.07) is 13.2. The normalized spacial score (nSPS) is 13.8. The molecular weight excluding hydrogens is 306 g/mol. The standard InChI is InChI=1S/C19H15NO4/c21-18(22)11-14(19-20-15-3-1-2-4-17(15)24-19)10-12-5-6-16-13(9-12)7-8-23-16/h1-6,9-10H,7-8,11H2,(H,21,22)/b14-10-. The van der Waals surface area contributed by atoms with E-state index in [1.165, 1.54) is 0 Å². The minimum atomic E-state index is -0.923. The summed E-state index contributed by atoms with van der Waals surface area (Å²) in [7, 11) is 0. The molecule has 2 heterocycles. The number of carbonyl (C=O) groups is 1. The number of rotatable bonds is 4. The maximum absolute atomic E-state index is 11.2. The second-order valence-electron chi connectivity index (χ2n) is 5.69. The number of benzene rings is 2. The molecule has 0 spiro atoms. The van der Waals surface area contributed by atoms with Gasteiger partial charge in [0, 0.05) is 12.0 Å². The molecule has 2 aromatic carbocycles. The smallest absolute Gasteiger partial charge is 0.308 e. The first kappa shape index (κ1) is 14.5. The van der Waals surface area contributed by atoms with Gasteiger partial charge < -0.3 is 14.3 Å². The van der Waals surface area contributed by atoms with Gasteiger partial charge in [0.2, 0.25) is 5.89 Å². The molecule has 5 nitrogen and oxygen atoms in total. The zero-order valence-corrected chi connectivity index (χ0v) is 12.9. The third-order valence-corrected chi connectivity index (χ3v) is 3.96. The van der Waals surface area contributed by atoms with Crippen molar-refractivity contribution < 1.29 is 19.1 Å². The van der Waals surface area contributed by atoms with Crippen LogP contribution >= 0.6 is 0 Å². The molecular formula is C19H15NO4. The molecule has 3 aromatic rings. The third kappa shape index (κ3) is 2.76. The maximum Gasteiger partial charge on any atom is 0.308 e. The molecule has 5 heteroatoms. The molecule has 24 heavy (non-hydrogen) atoms. The summed E-state index contributed by atoms with van der Waals surface area (Å²) in [4.78, 5) is 15.7. The van der Waals surface area contributed by atoms with Crippen LogP contribution in [-0.4, -0.2) is 22.7 Å². The summed E-state index contributed by atoms with van der Waals surface area (Å²) in [5, 5.41) is 9.22. The zero-order chi connectivity index (χ0) is 16.5. The molecule has 0 radical (unpaired) electrons. The molecule has 0 aliphatic carbocycles. The van der Waals surface area contributed by atoms with Crippen molar-refractivity contribution in [2.24, 2.45) is 0 Å². The summed E-state index contributed by atoms with van der Waals surface area (Å²) < 4.78 is 11.2. The number of aromatic nitrogens is 1. The Balaban J connectivity index is 1.77. The van der Waals surface area contributed by atoms with Gasteiger partial charge >= 0.3 is 5.97 Å². The first-order valence-corrected chi connectivity index (χ1v) is 7.73. The van der Waals surface area contributed by atoms with Gasteiger partial charge in [0.1, 0.15) is 11.3 Å². The number of hydrogen-bond acceptors (Lipinski definition) is 4. The average molecular weight is 321 g/mol. The number of ether oxygens (including phenoxy) is 1. The van der Waals surface area contributed by atoms with Gasteiger partial charge in [-0.25, -0.2) is 4.98 Å². The number of para-hydroxylation sites is 2. The van der Waals surface area contributed by atoms with Gasteiger partial charge in [0.05, 0.1) is 13.0 Å². The number of oxazole rings is 1. The van der Waals surface area contributed by atoms with Gasteiger partial charge in [-0.3, -0.25) is 4.79 Å². The van der Waals surface area contributed by atoms with Gasteiger partial charge in [-0.05, 0) is 41.5 Å². The van der Waals surface area contributed by atoms with E-state index in [0.717, 1.165) is 23.3 Å². The van der Waals surface area contributed by atoms with Gasteiger partial charge in [0.25, 0.3) is 0 Å². The molecule has 0 fully saturated rings. The van der Waals surface area contributed by atoms with Crippen molar-refractivity contribution in [3.63, 3.8) is 0 Å². The number of carboxylic acid groups (broad SMARTS) is 1. The lowest BCUT2D eigenvalue weighted by atomic mass is 10.0. The Bertz CT molecular complexity index is 922. The molecule has 0 amide bonds. The zero-order valence-electron chi connectivity index (χ0n) is 12.9. The predicted molar refractivity (Wildman–Crippen MR) is 89.8 cm³/mol. The van der Waals surface area contributed by atoms with Gasteiger partial charge in [-0.1, -0.05) is 18.2 Å². The Morgan fingerprint density at radius 3 is 2.96 bits per heavy atom. The van der Waals surface area contributed by atoms with E-state index in [9.17, 15) is 9.90 Å². The van der Waals surface area contributed by atoms with Gasteiger partial charge in [-0.15, -0.1) is 0 Å². The van der Waals surface area contributed by atoms with Crippen LogP contribution in [-0.2, 0) is 11.2 Å². The molecule has 0 unspecified atom stereocenters. The number of hydrogen-bond donors (Lipinski definition) is 1. The van der Waals surface area contributed by atoms with Crippen molar-refractivity contribution in [2.75, 3.05) is 6.61 Å². The van der Waals surface area contributed by atoms with Crippen LogP contribution in [0.5, 0.6) is 5.75 Å². The van der Waals surface area contributed by atoms with Crippen molar-refractivity contribution in [3.8, 4) is 5.75 Å². The SMILES string of the molecule is O=C(O)C/C(=C/c1ccc2c(c1)CCO2)c1nc2ccccc2o1. The van der Waals surface area contributed by atoms with E-state index in [1.54, 1.807) is 0 Å². The molecule has 0 bridgehead atoms. The largest absolute Gasteiger partial charge is 0.493 e. The topological polar surface area (TPSA) is 72.6 Å². The van der Waals surface area contributed by atoms with Crippen LogP contribution < -0.4 is 4.74 Å². The van der Waals surface area contributed by atoms with Crippen LogP contribution in [0.3, 0.4) is 0 Å². The lowest BCUT2D eigenvalue weighted by molar-refractivity contribution is -0.135. The summed E-state index contributed by atoms with van der Waals surface area (Å²) in [5.41, 5.74) is 3.95. The van der Waals surface area contributed by atoms with Crippen LogP contribution in [0.1, 0.15) is 23.4 Å². The number of aliphatic carboxylic acids is 1. The Hall–Kier alpha value is -3.08. The lowest BCUT2D eigenvalue weighted by Gasteiger charge is -2.03. The van der Waals surface area contributed by atoms with E-state index >= 15 is 0 Å². The summed E-state index contributed by atoms with van der Waals surface area (Å²) >= 11 is 0. The second-order valence-corrected chi connectivity index (χ2v) is 5.69. The number of nitrogens with zero attached hydrogens (tertiary/aromatic N) is 1. The molecule has 4 rings (SSSR count). The van der Waals surface area contributed by atoms with Crippen LogP contribution in [0, 0.1) is 0 Å². The predicted octanol–water partition coefficient (Wildman–Crippen LogP) is 3.78. The lowest BCUT2D eigenvalue weighted by Crippen LogP contribution is -1.97. The highest BCUT2D eigenvalue weighted by Gasteiger charge is 2.16. The van der Waals surface area contributed by atoms with E-state index in [4.69, 9.17) is 9.15 Å². The molecule has 1 aromatic heterocycles. The highest BCUT2D eigenvalue weighted by atomic mass is 16.5. The Kier molecular flexibility index (Phi) is 3.54. The number of carboxylic acids is 1. The first-order valence-electron chi connectivity index (χ1n) is 7.73. The van der Waals surface area contributed by atoms with Gasteiger partial charge in [-0.2, -0.15) is 0 Å². The van der Waals surface area contributed by atoms with E-state index in [-0.39, 0.29) is 6.42 Å². The minimum absolute atomic E-state index is 0.152. The highest BCUT2D eigenvalue weighted by molar-refractivity contribution is 5.91. The summed E-state index contributed by atoms with van der Waals surface area (Å²) in [6.07, 6.45) is 2.53. The molecule has 0 atom stereocenters. The van der Waals surface area contributed by atoms with Crippen molar-refractivity contribution in [1.82, 2.24) is 4.98 Å². The van der Waals surface area contributed by atoms with Crippen LogP contribution in [0.25, 0.3) is 22.7 Å². The quantitative estimate of drug-likeness (QED) is 0.791. The Morgan fingerprint density at radius 1 is 1.25 bits per heavy atom. The molecule has 0 saturated carbocycles. The van der Waals surface area contributed by atoms with E-state index in [2.05, 4.69) is 4.98 Å². The molecule has 120 valence electrons. The molecule has 1 aliphatic heterocycles. The summed E-state index contributed by atoms with van der Waals surface area (Å²) in [5.74, 6) is 0.317. The minimum Gasteiger partial charge on any atom is -0.493 e. The first-order chi connectivity index (χ1) is 11.7. The van der Waals surface area contributed by atoms with E-state index < -0.39 is 5.97 Å². The van der Waals surface area contributed by atoms with Crippen LogP contribution in [0.15, 0.2) is 46.9 Å². The monoisotopic (exact) mass is 321 g/mol. The second kappa shape index (κ2) is 5.85. The molecule has 1 N–H and O–H groups in total. The fraction of sp³-hybridized carbons (Fsp3) is 0.158. The van der Waals surface area contributed by atoms with Crippen molar-refractivity contribution in [2.45, 2.75) is 12.8 Å².